The molecule has 3 nitrogen and oxygen atoms in total. The van der Waals surface area contributed by atoms with E-state index in [0.717, 1.165) is 13.0 Å². The van der Waals surface area contributed by atoms with Gasteiger partial charge in [0.1, 0.15) is 0 Å². The highest BCUT2D eigenvalue weighted by molar-refractivity contribution is 5.76. The fraction of sp³-hybridized carbons (Fsp3) is 0.917. The van der Waals surface area contributed by atoms with Crippen LogP contribution < -0.4 is 5.73 Å². The molecule has 0 rings (SSSR count). The van der Waals surface area contributed by atoms with Gasteiger partial charge in [-0.1, -0.05) is 32.6 Å². The SMILES string of the molecule is CCCCCCCC(=O)N(CC)CCN. The van der Waals surface area contributed by atoms with Gasteiger partial charge in [0, 0.05) is 26.1 Å². The van der Waals surface area contributed by atoms with Crippen molar-refractivity contribution in [2.24, 2.45) is 5.73 Å². The summed E-state index contributed by atoms with van der Waals surface area (Å²) < 4.78 is 0. The lowest BCUT2D eigenvalue weighted by Gasteiger charge is -2.19. The number of amides is 1. The first kappa shape index (κ1) is 14.4. The lowest BCUT2D eigenvalue weighted by Crippen LogP contribution is -2.34. The van der Waals surface area contributed by atoms with E-state index in [-0.39, 0.29) is 5.91 Å². The van der Waals surface area contributed by atoms with Crippen LogP contribution in [0.25, 0.3) is 0 Å². The summed E-state index contributed by atoms with van der Waals surface area (Å²) in [6.45, 7) is 6.25. The van der Waals surface area contributed by atoms with Crippen LogP contribution in [-0.2, 0) is 4.79 Å². The Morgan fingerprint density at radius 1 is 1.13 bits per heavy atom. The van der Waals surface area contributed by atoms with Crippen molar-refractivity contribution < 1.29 is 4.79 Å². The maximum Gasteiger partial charge on any atom is 0.222 e. The fourth-order valence-corrected chi connectivity index (χ4v) is 1.65. The molecule has 0 radical (unpaired) electrons. The molecule has 0 heterocycles. The molecule has 0 saturated carbocycles. The quantitative estimate of drug-likeness (QED) is 0.598. The zero-order chi connectivity index (χ0) is 11.5. The number of nitrogens with two attached hydrogens (primary N) is 1. The highest BCUT2D eigenvalue weighted by atomic mass is 16.2. The molecule has 0 aliphatic carbocycles. The van der Waals surface area contributed by atoms with Gasteiger partial charge in [0.2, 0.25) is 5.91 Å². The molecular weight excluding hydrogens is 188 g/mol. The number of unbranched alkanes of at least 4 members (excludes halogenated alkanes) is 4. The number of hydrogen-bond acceptors (Lipinski definition) is 2. The number of hydrogen-bond donors (Lipinski definition) is 1. The number of carbonyl (C=O) groups is 1. The van der Waals surface area contributed by atoms with E-state index >= 15 is 0 Å². The Balaban J connectivity index is 3.53. The number of nitrogens with zero attached hydrogens (tertiary/aromatic N) is 1. The summed E-state index contributed by atoms with van der Waals surface area (Å²) in [4.78, 5) is 13.5. The standard InChI is InChI=1S/C12H26N2O/c1-3-5-6-7-8-9-12(15)14(4-2)11-10-13/h3-11,13H2,1-2H3. The lowest BCUT2D eigenvalue weighted by molar-refractivity contribution is -0.131. The molecule has 0 aliphatic heterocycles. The van der Waals surface area contributed by atoms with E-state index in [1.807, 2.05) is 11.8 Å². The third-order valence-corrected chi connectivity index (χ3v) is 2.63. The van der Waals surface area contributed by atoms with Crippen LogP contribution in [-0.4, -0.2) is 30.4 Å². The van der Waals surface area contributed by atoms with E-state index in [1.165, 1.54) is 25.7 Å². The van der Waals surface area contributed by atoms with Crippen molar-refractivity contribution in [3.05, 3.63) is 0 Å². The Morgan fingerprint density at radius 3 is 2.33 bits per heavy atom. The summed E-state index contributed by atoms with van der Waals surface area (Å²) in [5.74, 6) is 0.263. The number of rotatable bonds is 9. The minimum absolute atomic E-state index is 0.263. The Bertz CT molecular complexity index is 160. The minimum Gasteiger partial charge on any atom is -0.342 e. The predicted molar refractivity (Wildman–Crippen MR) is 64.7 cm³/mol. The van der Waals surface area contributed by atoms with Crippen LogP contribution in [0, 0.1) is 0 Å². The summed E-state index contributed by atoms with van der Waals surface area (Å²) in [7, 11) is 0. The second-order valence-corrected chi connectivity index (χ2v) is 3.93. The predicted octanol–water partition coefficient (Wildman–Crippen LogP) is 2.15. The van der Waals surface area contributed by atoms with E-state index in [0.29, 0.717) is 19.5 Å². The zero-order valence-corrected chi connectivity index (χ0v) is 10.3. The van der Waals surface area contributed by atoms with Crippen LogP contribution in [0.1, 0.15) is 52.4 Å². The van der Waals surface area contributed by atoms with E-state index in [4.69, 9.17) is 5.73 Å². The van der Waals surface area contributed by atoms with Gasteiger partial charge in [-0.2, -0.15) is 0 Å². The normalized spacial score (nSPS) is 10.3. The van der Waals surface area contributed by atoms with E-state index < -0.39 is 0 Å². The minimum atomic E-state index is 0.263. The molecule has 0 saturated heterocycles. The van der Waals surface area contributed by atoms with Gasteiger partial charge >= 0.3 is 0 Å². The summed E-state index contributed by atoms with van der Waals surface area (Å²) in [6.07, 6.45) is 6.70. The van der Waals surface area contributed by atoms with Gasteiger partial charge in [-0.25, -0.2) is 0 Å². The molecule has 90 valence electrons. The first-order valence-electron chi connectivity index (χ1n) is 6.24. The van der Waals surface area contributed by atoms with Crippen molar-refractivity contribution in [1.29, 1.82) is 0 Å². The van der Waals surface area contributed by atoms with Gasteiger partial charge in [0.05, 0.1) is 0 Å². The summed E-state index contributed by atoms with van der Waals surface area (Å²) in [5, 5.41) is 0. The van der Waals surface area contributed by atoms with Crippen molar-refractivity contribution in [1.82, 2.24) is 4.90 Å². The number of carbonyl (C=O) groups excluding carboxylic acids is 1. The molecule has 3 heteroatoms. The van der Waals surface area contributed by atoms with Crippen LogP contribution >= 0.6 is 0 Å². The molecule has 1 amide bonds. The third-order valence-electron chi connectivity index (χ3n) is 2.63. The van der Waals surface area contributed by atoms with Gasteiger partial charge in [0.15, 0.2) is 0 Å². The molecule has 0 fully saturated rings. The molecule has 0 spiro atoms. The van der Waals surface area contributed by atoms with E-state index in [1.54, 1.807) is 0 Å². The van der Waals surface area contributed by atoms with E-state index in [9.17, 15) is 4.79 Å². The second-order valence-electron chi connectivity index (χ2n) is 3.93. The Kier molecular flexibility index (Phi) is 9.59. The fourth-order valence-electron chi connectivity index (χ4n) is 1.65. The Hall–Kier alpha value is -0.570. The summed E-state index contributed by atoms with van der Waals surface area (Å²) in [5.41, 5.74) is 5.44. The molecule has 15 heavy (non-hydrogen) atoms. The highest BCUT2D eigenvalue weighted by Crippen LogP contribution is 2.06. The second kappa shape index (κ2) is 9.97. The molecule has 0 bridgehead atoms. The smallest absolute Gasteiger partial charge is 0.222 e. The van der Waals surface area contributed by atoms with Crippen molar-refractivity contribution >= 4 is 5.91 Å². The van der Waals surface area contributed by atoms with Gasteiger partial charge in [-0.05, 0) is 13.3 Å². The zero-order valence-electron chi connectivity index (χ0n) is 10.3. The van der Waals surface area contributed by atoms with Crippen molar-refractivity contribution in [3.63, 3.8) is 0 Å². The Labute approximate surface area is 94.0 Å². The topological polar surface area (TPSA) is 46.3 Å². The van der Waals surface area contributed by atoms with Gasteiger partial charge in [-0.3, -0.25) is 4.79 Å². The molecule has 0 aromatic heterocycles. The van der Waals surface area contributed by atoms with Crippen molar-refractivity contribution in [2.75, 3.05) is 19.6 Å². The maximum absolute atomic E-state index is 11.7. The van der Waals surface area contributed by atoms with E-state index in [2.05, 4.69) is 6.92 Å². The molecular formula is C12H26N2O. The summed E-state index contributed by atoms with van der Waals surface area (Å²) in [6, 6.07) is 0. The molecule has 0 aliphatic rings. The van der Waals surface area contributed by atoms with Gasteiger partial charge < -0.3 is 10.6 Å². The van der Waals surface area contributed by atoms with Crippen LogP contribution in [0.3, 0.4) is 0 Å². The van der Waals surface area contributed by atoms with Crippen LogP contribution in [0.15, 0.2) is 0 Å². The van der Waals surface area contributed by atoms with Crippen molar-refractivity contribution in [2.45, 2.75) is 52.4 Å². The van der Waals surface area contributed by atoms with Gasteiger partial charge in [0.25, 0.3) is 0 Å². The largest absolute Gasteiger partial charge is 0.342 e. The molecule has 2 N–H and O–H groups in total. The third kappa shape index (κ3) is 7.37. The Morgan fingerprint density at radius 2 is 1.80 bits per heavy atom. The maximum atomic E-state index is 11.7. The van der Waals surface area contributed by atoms with Gasteiger partial charge in [-0.15, -0.1) is 0 Å². The average Bonchev–Trinajstić information content (AvgIpc) is 2.25. The van der Waals surface area contributed by atoms with Crippen LogP contribution in [0.4, 0.5) is 0 Å². The van der Waals surface area contributed by atoms with Crippen LogP contribution in [0.2, 0.25) is 0 Å². The number of likely N-dealkylation sites (N-methyl/N-ethyl adjacent to an activating group) is 1. The molecule has 0 aromatic rings. The summed E-state index contributed by atoms with van der Waals surface area (Å²) >= 11 is 0. The molecule has 0 aromatic carbocycles. The lowest BCUT2D eigenvalue weighted by atomic mass is 10.1. The average molecular weight is 214 g/mol. The van der Waals surface area contributed by atoms with Crippen LogP contribution in [0.5, 0.6) is 0 Å². The molecule has 0 unspecified atom stereocenters. The first-order chi connectivity index (χ1) is 7.26. The molecule has 0 atom stereocenters. The highest BCUT2D eigenvalue weighted by Gasteiger charge is 2.09. The first-order valence-corrected chi connectivity index (χ1v) is 6.24. The van der Waals surface area contributed by atoms with Crippen molar-refractivity contribution in [3.8, 4) is 0 Å². The monoisotopic (exact) mass is 214 g/mol.